The molecule has 0 aromatic heterocycles. The summed E-state index contributed by atoms with van der Waals surface area (Å²) in [6.45, 7) is 6.48. The van der Waals surface area contributed by atoms with E-state index >= 15 is 0 Å². The first kappa shape index (κ1) is 17.7. The van der Waals surface area contributed by atoms with Crippen molar-refractivity contribution in [2.24, 2.45) is 17.8 Å². The lowest BCUT2D eigenvalue weighted by Crippen LogP contribution is -2.50. The van der Waals surface area contributed by atoms with Crippen LogP contribution in [0.4, 0.5) is 0 Å². The molecule has 0 unspecified atom stereocenters. The molecule has 1 aromatic rings. The average Bonchev–Trinajstić information content (AvgIpc) is 2.59. The summed E-state index contributed by atoms with van der Waals surface area (Å²) in [6.07, 6.45) is 2.23. The molecule has 1 saturated carbocycles. The summed E-state index contributed by atoms with van der Waals surface area (Å²) in [4.78, 5) is 12.1. The Labute approximate surface area is 138 Å². The van der Waals surface area contributed by atoms with Gasteiger partial charge >= 0.3 is 5.97 Å². The van der Waals surface area contributed by atoms with E-state index in [-0.39, 0.29) is 35.9 Å². The van der Waals surface area contributed by atoms with E-state index in [0.717, 1.165) is 5.56 Å². The summed E-state index contributed by atoms with van der Waals surface area (Å²) in [5, 5.41) is 0. The first-order valence-corrected chi connectivity index (χ1v) is 8.01. The molecule has 4 nitrogen and oxygen atoms in total. The fourth-order valence-electron chi connectivity index (χ4n) is 3.51. The van der Waals surface area contributed by atoms with Gasteiger partial charge in [-0.15, -0.1) is 6.58 Å². The Bertz CT molecular complexity index is 513. The molecule has 2 rings (SSSR count). The van der Waals surface area contributed by atoms with E-state index in [0.29, 0.717) is 13.0 Å². The zero-order valence-corrected chi connectivity index (χ0v) is 14.1. The van der Waals surface area contributed by atoms with Gasteiger partial charge in [0, 0.05) is 13.0 Å². The van der Waals surface area contributed by atoms with E-state index in [9.17, 15) is 4.79 Å². The number of hydrogen-bond acceptors (Lipinski definition) is 4. The second-order valence-electron chi connectivity index (χ2n) is 6.12. The van der Waals surface area contributed by atoms with Crippen LogP contribution in [0.3, 0.4) is 0 Å². The lowest BCUT2D eigenvalue weighted by molar-refractivity contribution is -0.166. The molecule has 0 saturated heterocycles. The molecule has 1 aliphatic carbocycles. The maximum atomic E-state index is 12.1. The first-order valence-electron chi connectivity index (χ1n) is 8.01. The normalized spacial score (nSPS) is 30.7. The number of rotatable bonds is 6. The summed E-state index contributed by atoms with van der Waals surface area (Å²) in [5.74, 6) is -0.349. The molecule has 23 heavy (non-hydrogen) atoms. The van der Waals surface area contributed by atoms with E-state index in [1.807, 2.05) is 30.3 Å². The summed E-state index contributed by atoms with van der Waals surface area (Å²) >= 11 is 0. The number of carbonyl (C=O) groups is 1. The van der Waals surface area contributed by atoms with Crippen LogP contribution in [0.25, 0.3) is 0 Å². The van der Waals surface area contributed by atoms with Gasteiger partial charge in [0.15, 0.2) is 0 Å². The maximum absolute atomic E-state index is 12.1. The van der Waals surface area contributed by atoms with E-state index in [1.165, 1.54) is 7.11 Å². The van der Waals surface area contributed by atoms with Crippen LogP contribution in [-0.4, -0.2) is 32.4 Å². The van der Waals surface area contributed by atoms with Crippen molar-refractivity contribution in [2.75, 3.05) is 14.2 Å². The van der Waals surface area contributed by atoms with Gasteiger partial charge in [0.05, 0.1) is 31.8 Å². The molecule has 1 fully saturated rings. The van der Waals surface area contributed by atoms with Gasteiger partial charge in [-0.25, -0.2) is 0 Å². The Morgan fingerprint density at radius 2 is 1.96 bits per heavy atom. The van der Waals surface area contributed by atoms with Crippen LogP contribution in [0.1, 0.15) is 18.9 Å². The van der Waals surface area contributed by atoms with Crippen molar-refractivity contribution in [3.05, 3.63) is 48.6 Å². The zero-order chi connectivity index (χ0) is 16.8. The Morgan fingerprint density at radius 3 is 2.52 bits per heavy atom. The van der Waals surface area contributed by atoms with Gasteiger partial charge in [-0.2, -0.15) is 0 Å². The fourth-order valence-corrected chi connectivity index (χ4v) is 3.51. The fraction of sp³-hybridized carbons (Fsp3) is 0.526. The molecule has 0 spiro atoms. The number of hydrogen-bond donors (Lipinski definition) is 0. The number of esters is 1. The molecule has 0 N–H and O–H groups in total. The molecule has 126 valence electrons. The predicted octanol–water partition coefficient (Wildman–Crippen LogP) is 3.22. The average molecular weight is 318 g/mol. The van der Waals surface area contributed by atoms with Crippen LogP contribution < -0.4 is 0 Å². The second-order valence-corrected chi connectivity index (χ2v) is 6.12. The lowest BCUT2D eigenvalue weighted by Gasteiger charge is -2.43. The molecule has 1 aliphatic rings. The minimum atomic E-state index is -0.236. The quantitative estimate of drug-likeness (QED) is 0.597. The van der Waals surface area contributed by atoms with Crippen molar-refractivity contribution in [1.29, 1.82) is 0 Å². The van der Waals surface area contributed by atoms with Crippen molar-refractivity contribution in [3.8, 4) is 0 Å². The number of benzene rings is 1. The summed E-state index contributed by atoms with van der Waals surface area (Å²) in [7, 11) is 3.12. The second kappa shape index (κ2) is 8.27. The molecule has 1 aromatic carbocycles. The number of methoxy groups -OCH3 is 2. The largest absolute Gasteiger partial charge is 0.469 e. The third-order valence-corrected chi connectivity index (χ3v) is 4.69. The Hall–Kier alpha value is -1.65. The van der Waals surface area contributed by atoms with Crippen molar-refractivity contribution < 1.29 is 19.0 Å². The molecule has 0 bridgehead atoms. The Morgan fingerprint density at radius 1 is 1.26 bits per heavy atom. The smallest absolute Gasteiger partial charge is 0.309 e. The maximum Gasteiger partial charge on any atom is 0.309 e. The van der Waals surface area contributed by atoms with Gasteiger partial charge < -0.3 is 14.2 Å². The predicted molar refractivity (Wildman–Crippen MR) is 88.8 cm³/mol. The SMILES string of the molecule is C=C[C@H]1[C@@H](OCc2ccccc2)[C@H](OC)[C@H](C)C[C@@H]1C(=O)OC. The van der Waals surface area contributed by atoms with Crippen molar-refractivity contribution >= 4 is 5.97 Å². The molecule has 4 heteroatoms. The van der Waals surface area contributed by atoms with Crippen molar-refractivity contribution in [2.45, 2.75) is 32.2 Å². The monoisotopic (exact) mass is 318 g/mol. The van der Waals surface area contributed by atoms with Crippen LogP contribution in [0.2, 0.25) is 0 Å². The molecule has 0 heterocycles. The summed E-state index contributed by atoms with van der Waals surface area (Å²) in [6, 6.07) is 9.99. The topological polar surface area (TPSA) is 44.8 Å². The van der Waals surface area contributed by atoms with E-state index in [2.05, 4.69) is 13.5 Å². The third-order valence-electron chi connectivity index (χ3n) is 4.69. The van der Waals surface area contributed by atoms with Gasteiger partial charge in [0.25, 0.3) is 0 Å². The summed E-state index contributed by atoms with van der Waals surface area (Å²) < 4.78 is 16.8. The van der Waals surface area contributed by atoms with Crippen LogP contribution in [0.15, 0.2) is 43.0 Å². The number of ether oxygens (including phenoxy) is 3. The molecular formula is C19H26O4. The molecule has 5 atom stereocenters. The molecule has 0 aliphatic heterocycles. The number of carbonyl (C=O) groups excluding carboxylic acids is 1. The Balaban J connectivity index is 2.18. The highest BCUT2D eigenvalue weighted by atomic mass is 16.5. The first-order chi connectivity index (χ1) is 11.1. The van der Waals surface area contributed by atoms with Gasteiger partial charge in [0.2, 0.25) is 0 Å². The third kappa shape index (κ3) is 4.01. The molecular weight excluding hydrogens is 292 g/mol. The van der Waals surface area contributed by atoms with Gasteiger partial charge in [-0.3, -0.25) is 4.79 Å². The van der Waals surface area contributed by atoms with E-state index in [4.69, 9.17) is 14.2 Å². The van der Waals surface area contributed by atoms with Crippen LogP contribution in [0.5, 0.6) is 0 Å². The minimum absolute atomic E-state index is 0.0670. The van der Waals surface area contributed by atoms with Crippen molar-refractivity contribution in [1.82, 2.24) is 0 Å². The van der Waals surface area contributed by atoms with Gasteiger partial charge in [0.1, 0.15) is 0 Å². The zero-order valence-electron chi connectivity index (χ0n) is 14.1. The highest BCUT2D eigenvalue weighted by molar-refractivity contribution is 5.73. The standard InChI is InChI=1S/C19H26O4/c1-5-15-16(19(20)22-4)11-13(2)17(21-3)18(15)23-12-14-9-7-6-8-10-14/h5-10,13,15-18H,1,11-12H2,2-4H3/t13-,15-,16+,17-,18-/m1/s1. The molecule has 0 radical (unpaired) electrons. The van der Waals surface area contributed by atoms with E-state index in [1.54, 1.807) is 13.2 Å². The highest BCUT2D eigenvalue weighted by Crippen LogP contribution is 2.39. The Kier molecular flexibility index (Phi) is 6.37. The van der Waals surface area contributed by atoms with Crippen LogP contribution in [0, 0.1) is 17.8 Å². The van der Waals surface area contributed by atoms with Gasteiger partial charge in [-0.1, -0.05) is 43.3 Å². The minimum Gasteiger partial charge on any atom is -0.469 e. The molecule has 0 amide bonds. The van der Waals surface area contributed by atoms with Crippen LogP contribution in [-0.2, 0) is 25.6 Å². The van der Waals surface area contributed by atoms with Crippen molar-refractivity contribution in [3.63, 3.8) is 0 Å². The highest BCUT2D eigenvalue weighted by Gasteiger charge is 2.46. The van der Waals surface area contributed by atoms with Gasteiger partial charge in [-0.05, 0) is 17.9 Å². The van der Waals surface area contributed by atoms with Crippen LogP contribution >= 0.6 is 0 Å². The lowest BCUT2D eigenvalue weighted by atomic mass is 9.71. The van der Waals surface area contributed by atoms with E-state index < -0.39 is 0 Å². The summed E-state index contributed by atoms with van der Waals surface area (Å²) in [5.41, 5.74) is 1.10.